The molecule has 4 rings (SSSR count). The fourth-order valence-corrected chi connectivity index (χ4v) is 4.57. The monoisotopic (exact) mass is 366 g/mol. The predicted molar refractivity (Wildman–Crippen MR) is 103 cm³/mol. The molecule has 2 aromatic heterocycles. The van der Waals surface area contributed by atoms with Crippen molar-refractivity contribution >= 4 is 5.91 Å². The van der Waals surface area contributed by atoms with Crippen molar-refractivity contribution < 1.29 is 4.79 Å². The first-order valence-electron chi connectivity index (χ1n) is 9.69. The molecule has 4 heterocycles. The molecule has 142 valence electrons. The number of hydrogen-bond donors (Lipinski definition) is 0. The van der Waals surface area contributed by atoms with Crippen molar-refractivity contribution in [2.75, 3.05) is 13.1 Å². The summed E-state index contributed by atoms with van der Waals surface area (Å²) in [4.78, 5) is 34.5. The lowest BCUT2D eigenvalue weighted by Crippen LogP contribution is -2.59. The molecule has 1 unspecified atom stereocenters. The van der Waals surface area contributed by atoms with Crippen molar-refractivity contribution in [3.63, 3.8) is 0 Å². The second-order valence-corrected chi connectivity index (χ2v) is 7.66. The number of aromatic nitrogens is 2. The molecule has 0 aromatic carbocycles. The summed E-state index contributed by atoms with van der Waals surface area (Å²) < 4.78 is 1.61. The summed E-state index contributed by atoms with van der Waals surface area (Å²) in [6, 6.07) is 9.60. The van der Waals surface area contributed by atoms with Gasteiger partial charge in [0.2, 0.25) is 5.91 Å². The van der Waals surface area contributed by atoms with Crippen LogP contribution in [0.4, 0.5) is 0 Å². The molecule has 2 aromatic rings. The number of piperidine rings is 1. The predicted octanol–water partition coefficient (Wildman–Crippen LogP) is 1.94. The van der Waals surface area contributed by atoms with E-state index >= 15 is 0 Å². The van der Waals surface area contributed by atoms with Crippen LogP contribution in [-0.2, 0) is 24.9 Å². The molecule has 1 amide bonds. The second-order valence-electron chi connectivity index (χ2n) is 7.66. The van der Waals surface area contributed by atoms with E-state index in [4.69, 9.17) is 0 Å². The lowest BCUT2D eigenvalue weighted by atomic mass is 9.85. The highest BCUT2D eigenvalue weighted by molar-refractivity contribution is 5.87. The van der Waals surface area contributed by atoms with Crippen LogP contribution in [-0.4, -0.2) is 43.9 Å². The molecule has 0 bridgehead atoms. The lowest BCUT2D eigenvalue weighted by molar-refractivity contribution is -0.148. The number of amides is 1. The fraction of sp³-hybridized carbons (Fsp3) is 0.476. The third-order valence-corrected chi connectivity index (χ3v) is 5.97. The smallest absolute Gasteiger partial charge is 0.254 e. The van der Waals surface area contributed by atoms with E-state index in [9.17, 15) is 9.59 Å². The van der Waals surface area contributed by atoms with E-state index < -0.39 is 5.54 Å². The number of carbonyl (C=O) groups is 1. The van der Waals surface area contributed by atoms with Crippen molar-refractivity contribution in [2.45, 2.75) is 44.3 Å². The van der Waals surface area contributed by atoms with Gasteiger partial charge in [-0.3, -0.25) is 19.5 Å². The molecular formula is C21H26N4O2. The Balaban J connectivity index is 1.57. The van der Waals surface area contributed by atoms with E-state index in [1.165, 1.54) is 0 Å². The van der Waals surface area contributed by atoms with Crippen LogP contribution >= 0.6 is 0 Å². The molecule has 6 heteroatoms. The minimum absolute atomic E-state index is 0.0214. The van der Waals surface area contributed by atoms with Gasteiger partial charge in [0.05, 0.1) is 12.2 Å². The van der Waals surface area contributed by atoms with Crippen LogP contribution in [0.3, 0.4) is 0 Å². The molecule has 1 spiro atoms. The average molecular weight is 366 g/mol. The Morgan fingerprint density at radius 1 is 1.04 bits per heavy atom. The van der Waals surface area contributed by atoms with E-state index in [1.807, 2.05) is 35.2 Å². The van der Waals surface area contributed by atoms with E-state index in [-0.39, 0.29) is 11.5 Å². The third-order valence-electron chi connectivity index (χ3n) is 5.97. The van der Waals surface area contributed by atoms with Gasteiger partial charge in [-0.25, -0.2) is 0 Å². The van der Waals surface area contributed by atoms with Gasteiger partial charge in [-0.2, -0.15) is 0 Å². The number of pyridine rings is 2. The molecule has 0 saturated carbocycles. The van der Waals surface area contributed by atoms with E-state index in [1.54, 1.807) is 24.0 Å². The molecule has 0 aliphatic carbocycles. The first-order valence-corrected chi connectivity index (χ1v) is 9.69. The maximum Gasteiger partial charge on any atom is 0.254 e. The summed E-state index contributed by atoms with van der Waals surface area (Å²) in [5.74, 6) is 0.199. The second kappa shape index (κ2) is 7.27. The molecule has 1 atom stereocenters. The number of aryl methyl sites for hydroxylation is 1. The minimum atomic E-state index is -0.464. The van der Waals surface area contributed by atoms with Crippen LogP contribution in [0.2, 0.25) is 0 Å². The Kier molecular flexibility index (Phi) is 4.83. The summed E-state index contributed by atoms with van der Waals surface area (Å²) >= 11 is 0. The van der Waals surface area contributed by atoms with Gasteiger partial charge in [-0.05, 0) is 50.4 Å². The van der Waals surface area contributed by atoms with Crippen molar-refractivity contribution in [3.05, 3.63) is 64.3 Å². The quantitative estimate of drug-likeness (QED) is 0.830. The molecule has 2 aliphatic rings. The summed E-state index contributed by atoms with van der Waals surface area (Å²) in [5, 5.41) is 0. The Morgan fingerprint density at radius 3 is 2.63 bits per heavy atom. The Hall–Kier alpha value is -2.47. The molecule has 27 heavy (non-hydrogen) atoms. The first-order chi connectivity index (χ1) is 13.1. The van der Waals surface area contributed by atoms with Gasteiger partial charge >= 0.3 is 0 Å². The largest absolute Gasteiger partial charge is 0.335 e. The summed E-state index contributed by atoms with van der Waals surface area (Å²) in [7, 11) is 1.77. The minimum Gasteiger partial charge on any atom is -0.335 e. The zero-order valence-electron chi connectivity index (χ0n) is 15.8. The average Bonchev–Trinajstić information content (AvgIpc) is 3.07. The topological polar surface area (TPSA) is 58.4 Å². The van der Waals surface area contributed by atoms with E-state index in [0.717, 1.165) is 50.0 Å². The number of likely N-dealkylation sites (tertiary alicyclic amines) is 2. The van der Waals surface area contributed by atoms with Gasteiger partial charge in [-0.1, -0.05) is 12.1 Å². The molecule has 2 aliphatic heterocycles. The van der Waals surface area contributed by atoms with Gasteiger partial charge < -0.3 is 9.47 Å². The van der Waals surface area contributed by atoms with Gasteiger partial charge in [0.25, 0.3) is 5.56 Å². The summed E-state index contributed by atoms with van der Waals surface area (Å²) in [6.07, 6.45) is 7.27. The van der Waals surface area contributed by atoms with Crippen molar-refractivity contribution in [2.24, 2.45) is 7.05 Å². The molecule has 0 N–H and O–H groups in total. The Bertz CT molecular complexity index is 879. The molecule has 2 saturated heterocycles. The number of carbonyl (C=O) groups excluding carboxylic acids is 1. The molecule has 2 fully saturated rings. The highest BCUT2D eigenvalue weighted by atomic mass is 16.2. The maximum absolute atomic E-state index is 13.5. The Morgan fingerprint density at radius 2 is 1.85 bits per heavy atom. The van der Waals surface area contributed by atoms with Crippen molar-refractivity contribution in [3.8, 4) is 0 Å². The lowest BCUT2D eigenvalue weighted by Gasteiger charge is -2.44. The fourth-order valence-electron chi connectivity index (χ4n) is 4.57. The molecule has 6 nitrogen and oxygen atoms in total. The third kappa shape index (κ3) is 3.30. The zero-order chi connectivity index (χ0) is 18.9. The first kappa shape index (κ1) is 17.9. The Labute approximate surface area is 159 Å². The van der Waals surface area contributed by atoms with Crippen molar-refractivity contribution in [1.82, 2.24) is 19.4 Å². The van der Waals surface area contributed by atoms with Gasteiger partial charge in [-0.15, -0.1) is 0 Å². The van der Waals surface area contributed by atoms with E-state index in [0.29, 0.717) is 13.1 Å². The maximum atomic E-state index is 13.5. The molecule has 0 radical (unpaired) electrons. The number of hydrogen-bond acceptors (Lipinski definition) is 4. The SMILES string of the molecule is Cn1cccc(CN2CCCC23CCCN(Cc2ccccn2)C3=O)c1=O. The van der Waals surface area contributed by atoms with Crippen LogP contribution in [0.25, 0.3) is 0 Å². The van der Waals surface area contributed by atoms with Crippen molar-refractivity contribution in [1.29, 1.82) is 0 Å². The normalized spacial score (nSPS) is 23.3. The van der Waals surface area contributed by atoms with Gasteiger partial charge in [0, 0.05) is 38.1 Å². The number of nitrogens with zero attached hydrogens (tertiary/aromatic N) is 4. The van der Waals surface area contributed by atoms with E-state index in [2.05, 4.69) is 9.88 Å². The van der Waals surface area contributed by atoms with Crippen LogP contribution in [0.1, 0.15) is 36.9 Å². The van der Waals surface area contributed by atoms with Crippen LogP contribution in [0, 0.1) is 0 Å². The highest BCUT2D eigenvalue weighted by Crippen LogP contribution is 2.39. The highest BCUT2D eigenvalue weighted by Gasteiger charge is 2.50. The van der Waals surface area contributed by atoms with Crippen LogP contribution in [0.15, 0.2) is 47.5 Å². The van der Waals surface area contributed by atoms with Crippen LogP contribution in [0.5, 0.6) is 0 Å². The van der Waals surface area contributed by atoms with Gasteiger partial charge in [0.15, 0.2) is 0 Å². The van der Waals surface area contributed by atoms with Gasteiger partial charge in [0.1, 0.15) is 5.54 Å². The summed E-state index contributed by atoms with van der Waals surface area (Å²) in [5.41, 5.74) is 1.24. The van der Waals surface area contributed by atoms with Crippen LogP contribution < -0.4 is 5.56 Å². The summed E-state index contributed by atoms with van der Waals surface area (Å²) in [6.45, 7) is 2.73. The molecular weight excluding hydrogens is 340 g/mol. The number of rotatable bonds is 4. The standard InChI is InChI=1S/C21H26N4O2/c1-23-12-4-7-17(19(23)26)15-25-14-6-10-21(25)9-5-13-24(20(21)27)16-18-8-2-3-11-22-18/h2-4,7-8,11-12H,5-6,9-10,13-16H2,1H3. The zero-order valence-corrected chi connectivity index (χ0v) is 15.8.